The van der Waals surface area contributed by atoms with Crippen molar-refractivity contribution in [2.45, 2.75) is 37.3 Å². The van der Waals surface area contributed by atoms with E-state index < -0.39 is 60.6 Å². The molecule has 1 aliphatic rings. The number of alkyl halides is 4. The lowest BCUT2D eigenvalue weighted by molar-refractivity contribution is -0.206. The number of benzene rings is 1. The van der Waals surface area contributed by atoms with Crippen LogP contribution in [-0.4, -0.2) is 48.5 Å². The molecule has 2 N–H and O–H groups in total. The van der Waals surface area contributed by atoms with Crippen molar-refractivity contribution in [1.29, 1.82) is 0 Å². The van der Waals surface area contributed by atoms with Crippen molar-refractivity contribution in [3.8, 4) is 0 Å². The molecule has 0 bridgehead atoms. The van der Waals surface area contributed by atoms with Crippen molar-refractivity contribution in [3.63, 3.8) is 0 Å². The van der Waals surface area contributed by atoms with Gasteiger partial charge in [-0.2, -0.15) is 13.2 Å². The standard InChI is InChI=1S/C21H19F6N3O3/c1-20(18(32-10-21(25,26)27)17(8-22)33-19(28)30-20)13-6-11(2-4-14(13)24)7-16(31)15-5-3-12(23)9-29-15/h2-6,9,17-18H,7-8,10H2,1H3,(H2,28,30)/t17-,18+,20-/m1/s1. The number of Topliss-reactive ketones (excluding diaryl/α,β-unsaturated/α-hetero) is 1. The minimum Gasteiger partial charge on any atom is -0.456 e. The number of hydrogen-bond acceptors (Lipinski definition) is 6. The van der Waals surface area contributed by atoms with Crippen LogP contribution >= 0.6 is 0 Å². The fraction of sp³-hybridized carbons (Fsp3) is 0.381. The summed E-state index contributed by atoms with van der Waals surface area (Å²) in [5, 5.41) is 0. The molecule has 33 heavy (non-hydrogen) atoms. The molecule has 3 atom stereocenters. The number of nitrogens with two attached hydrogens (primary N) is 1. The molecule has 0 amide bonds. The predicted octanol–water partition coefficient (Wildman–Crippen LogP) is 3.63. The molecule has 0 saturated carbocycles. The van der Waals surface area contributed by atoms with E-state index in [4.69, 9.17) is 15.2 Å². The molecular weight excluding hydrogens is 456 g/mol. The van der Waals surface area contributed by atoms with E-state index >= 15 is 0 Å². The quantitative estimate of drug-likeness (QED) is 0.488. The van der Waals surface area contributed by atoms with Gasteiger partial charge < -0.3 is 15.2 Å². The van der Waals surface area contributed by atoms with Crippen LogP contribution in [0.4, 0.5) is 26.3 Å². The van der Waals surface area contributed by atoms with E-state index in [1.807, 2.05) is 0 Å². The molecule has 1 aliphatic heterocycles. The fourth-order valence-electron chi connectivity index (χ4n) is 3.56. The van der Waals surface area contributed by atoms with Crippen LogP contribution in [0.1, 0.15) is 28.5 Å². The second-order valence-electron chi connectivity index (χ2n) is 7.53. The summed E-state index contributed by atoms with van der Waals surface area (Å²) in [6, 6.07) is 5.17. The van der Waals surface area contributed by atoms with E-state index in [1.54, 1.807) is 0 Å². The number of aliphatic imine (C=N–C) groups is 1. The van der Waals surface area contributed by atoms with Gasteiger partial charge in [0, 0.05) is 12.0 Å². The minimum atomic E-state index is -4.75. The summed E-state index contributed by atoms with van der Waals surface area (Å²) < 4.78 is 89.7. The zero-order valence-electron chi connectivity index (χ0n) is 17.2. The molecule has 12 heteroatoms. The minimum absolute atomic E-state index is 0.0364. The second kappa shape index (κ2) is 9.38. The van der Waals surface area contributed by atoms with Gasteiger partial charge >= 0.3 is 6.18 Å². The highest BCUT2D eigenvalue weighted by Crippen LogP contribution is 2.39. The number of aromatic nitrogens is 1. The van der Waals surface area contributed by atoms with Gasteiger partial charge in [-0.25, -0.2) is 18.2 Å². The Hall–Kier alpha value is -3.15. The van der Waals surface area contributed by atoms with E-state index in [1.165, 1.54) is 25.1 Å². The number of ketones is 1. The molecule has 0 spiro atoms. The molecule has 0 radical (unpaired) electrons. The summed E-state index contributed by atoms with van der Waals surface area (Å²) in [4.78, 5) is 20.1. The maximum atomic E-state index is 14.8. The highest BCUT2D eigenvalue weighted by molar-refractivity contribution is 5.95. The van der Waals surface area contributed by atoms with E-state index in [0.29, 0.717) is 0 Å². The van der Waals surface area contributed by atoms with E-state index in [-0.39, 0.29) is 23.2 Å². The second-order valence-corrected chi connectivity index (χ2v) is 7.53. The summed E-state index contributed by atoms with van der Waals surface area (Å²) in [5.74, 6) is -2.03. The van der Waals surface area contributed by atoms with E-state index in [9.17, 15) is 31.1 Å². The molecule has 2 aromatic rings. The SMILES string of the molecule is C[C@]1(c2cc(CC(=O)c3ccc(F)cn3)ccc2F)N=C(N)O[C@H](CF)[C@@H]1OCC(F)(F)F. The number of amidine groups is 1. The molecule has 0 saturated heterocycles. The molecule has 0 unspecified atom stereocenters. The van der Waals surface area contributed by atoms with Gasteiger partial charge in [-0.15, -0.1) is 0 Å². The van der Waals surface area contributed by atoms with E-state index in [2.05, 4.69) is 9.98 Å². The van der Waals surface area contributed by atoms with Crippen molar-refractivity contribution in [1.82, 2.24) is 4.98 Å². The van der Waals surface area contributed by atoms with Crippen LogP contribution < -0.4 is 5.73 Å². The first-order valence-corrected chi connectivity index (χ1v) is 9.63. The van der Waals surface area contributed by atoms with E-state index in [0.717, 1.165) is 18.3 Å². The van der Waals surface area contributed by atoms with Gasteiger partial charge in [0.15, 0.2) is 11.9 Å². The number of rotatable bonds is 7. The Bertz CT molecular complexity index is 1040. The highest BCUT2D eigenvalue weighted by atomic mass is 19.4. The summed E-state index contributed by atoms with van der Waals surface area (Å²) in [6.45, 7) is -1.79. The Kier molecular flexibility index (Phi) is 6.96. The number of pyridine rings is 1. The van der Waals surface area contributed by atoms with Gasteiger partial charge in [-0.05, 0) is 36.8 Å². The summed E-state index contributed by atoms with van der Waals surface area (Å²) in [6.07, 6.45) is -7.43. The maximum Gasteiger partial charge on any atom is 0.411 e. The largest absolute Gasteiger partial charge is 0.456 e. The van der Waals surface area contributed by atoms with Crippen LogP contribution in [0.2, 0.25) is 0 Å². The number of carbonyl (C=O) groups is 1. The third-order valence-corrected chi connectivity index (χ3v) is 5.04. The summed E-state index contributed by atoms with van der Waals surface area (Å²) >= 11 is 0. The van der Waals surface area contributed by atoms with Crippen LogP contribution in [0, 0.1) is 11.6 Å². The average molecular weight is 475 g/mol. The van der Waals surface area contributed by atoms with Crippen LogP contribution in [0.5, 0.6) is 0 Å². The predicted molar refractivity (Wildman–Crippen MR) is 104 cm³/mol. The molecule has 1 aromatic carbocycles. The first kappa shape index (κ1) is 24.5. The van der Waals surface area contributed by atoms with Gasteiger partial charge in [0.05, 0.1) is 6.20 Å². The van der Waals surface area contributed by atoms with Gasteiger partial charge in [-0.3, -0.25) is 9.78 Å². The number of hydrogen-bond donors (Lipinski definition) is 1. The zero-order valence-corrected chi connectivity index (χ0v) is 17.2. The third kappa shape index (κ3) is 5.62. The lowest BCUT2D eigenvalue weighted by Crippen LogP contribution is -2.54. The molecule has 0 fully saturated rings. The average Bonchev–Trinajstić information content (AvgIpc) is 2.73. The monoisotopic (exact) mass is 475 g/mol. The molecule has 1 aromatic heterocycles. The molecule has 2 heterocycles. The van der Waals surface area contributed by atoms with Gasteiger partial charge in [-0.1, -0.05) is 6.07 Å². The zero-order chi connectivity index (χ0) is 24.4. The normalized spacial score (nSPS) is 23.1. The Morgan fingerprint density at radius 3 is 2.58 bits per heavy atom. The first-order valence-electron chi connectivity index (χ1n) is 9.63. The summed E-state index contributed by atoms with van der Waals surface area (Å²) in [7, 11) is 0. The molecular formula is C21H19F6N3O3. The number of carbonyl (C=O) groups excluding carboxylic acids is 1. The van der Waals surface area contributed by atoms with Crippen molar-refractivity contribution in [3.05, 3.63) is 65.0 Å². The lowest BCUT2D eigenvalue weighted by Gasteiger charge is -2.41. The van der Waals surface area contributed by atoms with Gasteiger partial charge in [0.2, 0.25) is 0 Å². The van der Waals surface area contributed by atoms with Gasteiger partial charge in [0.1, 0.15) is 42.3 Å². The first-order chi connectivity index (χ1) is 15.4. The topological polar surface area (TPSA) is 86.8 Å². The van der Waals surface area contributed by atoms with Crippen molar-refractivity contribution in [2.24, 2.45) is 10.7 Å². The van der Waals surface area contributed by atoms with Crippen LogP contribution in [-0.2, 0) is 21.4 Å². The number of halogens is 6. The Labute approximate surface area is 184 Å². The maximum absolute atomic E-state index is 14.8. The third-order valence-electron chi connectivity index (χ3n) is 5.04. The molecule has 0 aliphatic carbocycles. The number of nitrogens with zero attached hydrogens (tertiary/aromatic N) is 2. The lowest BCUT2D eigenvalue weighted by atomic mass is 9.82. The highest BCUT2D eigenvalue weighted by Gasteiger charge is 2.49. The molecule has 6 nitrogen and oxygen atoms in total. The van der Waals surface area contributed by atoms with Crippen molar-refractivity contribution < 1.29 is 40.6 Å². The van der Waals surface area contributed by atoms with Crippen molar-refractivity contribution >= 4 is 11.8 Å². The van der Waals surface area contributed by atoms with Crippen LogP contribution in [0.25, 0.3) is 0 Å². The molecule has 3 rings (SSSR count). The fourth-order valence-corrected chi connectivity index (χ4v) is 3.56. The van der Waals surface area contributed by atoms with Crippen molar-refractivity contribution in [2.75, 3.05) is 13.3 Å². The Morgan fingerprint density at radius 2 is 1.97 bits per heavy atom. The Balaban J connectivity index is 1.98. The van der Waals surface area contributed by atoms with Crippen LogP contribution in [0.3, 0.4) is 0 Å². The van der Waals surface area contributed by atoms with Gasteiger partial charge in [0.25, 0.3) is 6.02 Å². The Morgan fingerprint density at radius 1 is 1.24 bits per heavy atom. The molecule has 178 valence electrons. The number of ether oxygens (including phenoxy) is 2. The summed E-state index contributed by atoms with van der Waals surface area (Å²) in [5.41, 5.74) is 3.64. The van der Waals surface area contributed by atoms with Crippen LogP contribution in [0.15, 0.2) is 41.5 Å². The smallest absolute Gasteiger partial charge is 0.411 e.